The van der Waals surface area contributed by atoms with Crippen LogP contribution >= 0.6 is 24.0 Å². The average Bonchev–Trinajstić information content (AvgIpc) is 2.90. The van der Waals surface area contributed by atoms with Crippen molar-refractivity contribution in [1.29, 1.82) is 0 Å². The Morgan fingerprint density at radius 3 is 2.22 bits per heavy atom. The molecule has 2 aromatic carbocycles. The number of hydrogen-bond donors (Lipinski definition) is 1. The lowest BCUT2D eigenvalue weighted by molar-refractivity contribution is -0.123. The molecule has 1 amide bonds. The van der Waals surface area contributed by atoms with Crippen LogP contribution in [0.5, 0.6) is 0 Å². The van der Waals surface area contributed by atoms with E-state index in [0.717, 1.165) is 28.6 Å². The first-order valence-corrected chi connectivity index (χ1v) is 10.4. The molecule has 0 radical (unpaired) electrons. The fourth-order valence-electron chi connectivity index (χ4n) is 2.26. The fourth-order valence-corrected chi connectivity index (χ4v) is 4.57. The number of aldehydes is 1. The van der Waals surface area contributed by atoms with Crippen LogP contribution < -0.4 is 4.83 Å². The average molecular weight is 419 g/mol. The van der Waals surface area contributed by atoms with Crippen molar-refractivity contribution in [3.63, 3.8) is 0 Å². The van der Waals surface area contributed by atoms with Crippen LogP contribution in [0.15, 0.2) is 58.3 Å². The van der Waals surface area contributed by atoms with Gasteiger partial charge in [0.1, 0.15) is 6.29 Å². The molecule has 1 aliphatic heterocycles. The quantitative estimate of drug-likeness (QED) is 0.457. The topological polar surface area (TPSA) is 83.6 Å². The smallest absolute Gasteiger partial charge is 0.281 e. The van der Waals surface area contributed by atoms with Crippen molar-refractivity contribution in [3.05, 3.63) is 70.1 Å². The van der Waals surface area contributed by atoms with Gasteiger partial charge in [-0.25, -0.2) is 13.4 Å². The standard InChI is InChI=1S/C18H14N2O4S3/c1-12-2-8-15(9-3-12)27(23,24)19-20-17(22)16(26-18(20)25)10-13-4-6-14(11-21)7-5-13/h2-11,19H,1H3/b16-10+. The van der Waals surface area contributed by atoms with Crippen LogP contribution in [0.3, 0.4) is 0 Å². The molecule has 1 N–H and O–H groups in total. The molecule has 0 unspecified atom stereocenters. The molecule has 1 heterocycles. The second kappa shape index (κ2) is 7.73. The van der Waals surface area contributed by atoms with E-state index >= 15 is 0 Å². The lowest BCUT2D eigenvalue weighted by Crippen LogP contribution is -2.44. The molecular formula is C18H14N2O4S3. The normalized spacial score (nSPS) is 16.2. The monoisotopic (exact) mass is 418 g/mol. The number of sulfonamides is 1. The van der Waals surface area contributed by atoms with Gasteiger partial charge in [0.25, 0.3) is 15.9 Å². The van der Waals surface area contributed by atoms with Crippen molar-refractivity contribution >= 4 is 56.6 Å². The largest absolute Gasteiger partial charge is 0.298 e. The van der Waals surface area contributed by atoms with E-state index in [2.05, 4.69) is 4.83 Å². The summed E-state index contributed by atoms with van der Waals surface area (Å²) < 4.78 is 25.1. The number of rotatable bonds is 5. The Kier molecular flexibility index (Phi) is 5.56. The van der Waals surface area contributed by atoms with E-state index in [1.54, 1.807) is 42.5 Å². The summed E-state index contributed by atoms with van der Waals surface area (Å²) in [6.07, 6.45) is 2.32. The van der Waals surface area contributed by atoms with Crippen LogP contribution in [-0.2, 0) is 14.8 Å². The van der Waals surface area contributed by atoms with Crippen LogP contribution in [0.2, 0.25) is 0 Å². The number of aryl methyl sites for hydroxylation is 1. The molecule has 0 saturated carbocycles. The Bertz CT molecular complexity index is 1040. The van der Waals surface area contributed by atoms with E-state index in [1.165, 1.54) is 12.1 Å². The molecular weight excluding hydrogens is 404 g/mol. The van der Waals surface area contributed by atoms with Gasteiger partial charge in [-0.1, -0.05) is 65.9 Å². The molecule has 0 spiro atoms. The van der Waals surface area contributed by atoms with Gasteiger partial charge >= 0.3 is 0 Å². The number of benzene rings is 2. The maximum Gasteiger partial charge on any atom is 0.281 e. The number of hydrazine groups is 1. The SMILES string of the molecule is Cc1ccc(S(=O)(=O)NN2C(=O)/C(=C\c3ccc(C=O)cc3)SC2=S)cc1. The van der Waals surface area contributed by atoms with Crippen molar-refractivity contribution in [2.45, 2.75) is 11.8 Å². The zero-order valence-electron chi connectivity index (χ0n) is 14.1. The van der Waals surface area contributed by atoms with E-state index in [9.17, 15) is 18.0 Å². The minimum absolute atomic E-state index is 0.0376. The first-order valence-electron chi connectivity index (χ1n) is 7.72. The van der Waals surface area contributed by atoms with Gasteiger partial charge < -0.3 is 0 Å². The Labute approximate surface area is 166 Å². The molecule has 27 heavy (non-hydrogen) atoms. The van der Waals surface area contributed by atoms with Gasteiger partial charge in [-0.15, -0.1) is 4.83 Å². The van der Waals surface area contributed by atoms with Gasteiger partial charge in [0, 0.05) is 5.56 Å². The maximum atomic E-state index is 12.6. The van der Waals surface area contributed by atoms with Gasteiger partial charge in [-0.3, -0.25) is 9.59 Å². The zero-order chi connectivity index (χ0) is 19.6. The predicted octanol–water partition coefficient (Wildman–Crippen LogP) is 2.90. The van der Waals surface area contributed by atoms with Gasteiger partial charge in [-0.2, -0.15) is 0 Å². The molecule has 3 rings (SSSR count). The van der Waals surface area contributed by atoms with Crippen LogP contribution in [0.4, 0.5) is 0 Å². The first-order chi connectivity index (χ1) is 12.8. The molecule has 6 nitrogen and oxygen atoms in total. The fraction of sp³-hybridized carbons (Fsp3) is 0.0556. The third-order valence-corrected chi connectivity index (χ3v) is 6.32. The lowest BCUT2D eigenvalue weighted by atomic mass is 10.1. The second-order valence-corrected chi connectivity index (χ2v) is 9.05. The Balaban J connectivity index is 1.82. The van der Waals surface area contributed by atoms with E-state index < -0.39 is 15.9 Å². The van der Waals surface area contributed by atoms with Crippen molar-refractivity contribution in [2.75, 3.05) is 0 Å². The highest BCUT2D eigenvalue weighted by atomic mass is 32.2. The van der Waals surface area contributed by atoms with Crippen molar-refractivity contribution < 1.29 is 18.0 Å². The van der Waals surface area contributed by atoms with Crippen molar-refractivity contribution in [3.8, 4) is 0 Å². The number of carbonyl (C=O) groups excluding carboxylic acids is 2. The van der Waals surface area contributed by atoms with Crippen LogP contribution in [0, 0.1) is 6.92 Å². The summed E-state index contributed by atoms with van der Waals surface area (Å²) >= 11 is 6.14. The highest BCUT2D eigenvalue weighted by Crippen LogP contribution is 2.32. The van der Waals surface area contributed by atoms with Crippen LogP contribution in [0.25, 0.3) is 6.08 Å². The minimum Gasteiger partial charge on any atom is -0.298 e. The summed E-state index contributed by atoms with van der Waals surface area (Å²) in [5.74, 6) is -0.555. The third kappa shape index (κ3) is 4.33. The van der Waals surface area contributed by atoms with E-state index in [1.807, 2.05) is 6.92 Å². The molecule has 138 valence electrons. The number of amides is 1. The highest BCUT2D eigenvalue weighted by molar-refractivity contribution is 8.26. The first kappa shape index (κ1) is 19.4. The van der Waals surface area contributed by atoms with E-state index in [4.69, 9.17) is 12.2 Å². The van der Waals surface area contributed by atoms with E-state index in [0.29, 0.717) is 11.1 Å². The number of nitrogens with zero attached hydrogens (tertiary/aromatic N) is 1. The number of nitrogens with one attached hydrogen (secondary N) is 1. The summed E-state index contributed by atoms with van der Waals surface area (Å²) in [6.45, 7) is 1.85. The van der Waals surface area contributed by atoms with E-state index in [-0.39, 0.29) is 14.1 Å². The minimum atomic E-state index is -3.94. The molecule has 9 heteroatoms. The molecule has 0 atom stereocenters. The molecule has 0 aromatic heterocycles. The Morgan fingerprint density at radius 2 is 1.63 bits per heavy atom. The second-order valence-electron chi connectivity index (χ2n) is 5.71. The predicted molar refractivity (Wildman–Crippen MR) is 108 cm³/mol. The maximum absolute atomic E-state index is 12.6. The number of thiocarbonyl (C=S) groups is 1. The summed E-state index contributed by atoms with van der Waals surface area (Å²) in [4.78, 5) is 25.8. The highest BCUT2D eigenvalue weighted by Gasteiger charge is 2.35. The Morgan fingerprint density at radius 1 is 1.04 bits per heavy atom. The molecule has 1 fully saturated rings. The summed E-state index contributed by atoms with van der Waals surface area (Å²) in [7, 11) is -3.94. The third-order valence-electron chi connectivity index (χ3n) is 3.71. The molecule has 1 aliphatic rings. The van der Waals surface area contributed by atoms with Gasteiger partial charge in [0.05, 0.1) is 9.80 Å². The lowest BCUT2D eigenvalue weighted by Gasteiger charge is -2.16. The van der Waals surface area contributed by atoms with Gasteiger partial charge in [0.2, 0.25) is 0 Å². The van der Waals surface area contributed by atoms with Crippen molar-refractivity contribution in [2.24, 2.45) is 0 Å². The number of hydrogen-bond acceptors (Lipinski definition) is 6. The Hall–Kier alpha value is -2.33. The molecule has 0 bridgehead atoms. The van der Waals surface area contributed by atoms with Gasteiger partial charge in [0.15, 0.2) is 4.32 Å². The van der Waals surface area contributed by atoms with Crippen LogP contribution in [-0.4, -0.2) is 29.9 Å². The summed E-state index contributed by atoms with van der Waals surface area (Å²) in [6, 6.07) is 12.9. The zero-order valence-corrected chi connectivity index (χ0v) is 16.5. The molecule has 0 aliphatic carbocycles. The van der Waals surface area contributed by atoms with Gasteiger partial charge in [-0.05, 0) is 30.7 Å². The number of thioether (sulfide) groups is 1. The molecule has 1 saturated heterocycles. The van der Waals surface area contributed by atoms with Crippen LogP contribution in [0.1, 0.15) is 21.5 Å². The van der Waals surface area contributed by atoms with Crippen molar-refractivity contribution in [1.82, 2.24) is 9.84 Å². The summed E-state index contributed by atoms with van der Waals surface area (Å²) in [5, 5.41) is 0.848. The summed E-state index contributed by atoms with van der Waals surface area (Å²) in [5.41, 5.74) is 2.14. The molecule has 2 aromatic rings. The number of carbonyl (C=O) groups is 2.